The normalized spacial score (nSPS) is 23.6. The molecule has 1 aliphatic heterocycles. The van der Waals surface area contributed by atoms with E-state index in [1.165, 1.54) is 12.8 Å². The van der Waals surface area contributed by atoms with Crippen LogP contribution < -0.4 is 5.32 Å². The molecule has 2 heterocycles. The molecule has 1 aliphatic carbocycles. The zero-order chi connectivity index (χ0) is 18.5. The van der Waals surface area contributed by atoms with Crippen molar-refractivity contribution in [3.05, 3.63) is 30.1 Å². The number of benzene rings is 1. The number of aliphatic hydroxyl groups is 1. The summed E-state index contributed by atoms with van der Waals surface area (Å²) in [6.07, 6.45) is 6.35. The first-order valence-corrected chi connectivity index (χ1v) is 9.76. The van der Waals surface area contributed by atoms with Gasteiger partial charge in [0.2, 0.25) is 0 Å². The molecule has 2 N–H and O–H groups in total. The number of anilines is 1. The lowest BCUT2D eigenvalue weighted by molar-refractivity contribution is 0.00791. The summed E-state index contributed by atoms with van der Waals surface area (Å²) in [5, 5.41) is 13.5. The van der Waals surface area contributed by atoms with E-state index in [9.17, 15) is 0 Å². The second-order valence-corrected chi connectivity index (χ2v) is 7.21. The lowest BCUT2D eigenvalue weighted by Gasteiger charge is -2.39. The van der Waals surface area contributed by atoms with Gasteiger partial charge in [-0.05, 0) is 43.9 Å². The smallest absolute Gasteiger partial charge is 0.137 e. The van der Waals surface area contributed by atoms with E-state index >= 15 is 0 Å². The molecule has 27 heavy (non-hydrogen) atoms. The highest BCUT2D eigenvalue weighted by atomic mass is 16.5. The van der Waals surface area contributed by atoms with Crippen LogP contribution >= 0.6 is 0 Å². The van der Waals surface area contributed by atoms with Crippen LogP contribution in [0.2, 0.25) is 0 Å². The Morgan fingerprint density at radius 1 is 1.15 bits per heavy atom. The summed E-state index contributed by atoms with van der Waals surface area (Å²) in [5.74, 6) is 6.53. The number of fused-ring (bicyclic) bond motifs is 1. The average Bonchev–Trinajstić information content (AvgIpc) is 2.74. The monoisotopic (exact) mass is 366 g/mol. The Morgan fingerprint density at radius 2 is 1.96 bits per heavy atom. The minimum Gasteiger partial charge on any atom is -0.384 e. The van der Waals surface area contributed by atoms with Gasteiger partial charge in [-0.1, -0.05) is 11.8 Å². The van der Waals surface area contributed by atoms with E-state index in [4.69, 9.17) is 9.84 Å². The Kier molecular flexibility index (Phi) is 5.83. The van der Waals surface area contributed by atoms with Crippen molar-refractivity contribution in [3.8, 4) is 11.8 Å². The summed E-state index contributed by atoms with van der Waals surface area (Å²) in [6.45, 7) is 3.73. The fourth-order valence-corrected chi connectivity index (χ4v) is 4.11. The van der Waals surface area contributed by atoms with Gasteiger partial charge in [0.15, 0.2) is 0 Å². The van der Waals surface area contributed by atoms with Crippen LogP contribution in [-0.2, 0) is 4.74 Å². The van der Waals surface area contributed by atoms with E-state index in [1.54, 1.807) is 6.33 Å². The van der Waals surface area contributed by atoms with Gasteiger partial charge in [-0.2, -0.15) is 0 Å². The van der Waals surface area contributed by atoms with Crippen LogP contribution in [0.3, 0.4) is 0 Å². The van der Waals surface area contributed by atoms with Gasteiger partial charge >= 0.3 is 0 Å². The van der Waals surface area contributed by atoms with Crippen LogP contribution in [0.5, 0.6) is 0 Å². The first-order chi connectivity index (χ1) is 13.3. The number of ether oxygens (including phenoxy) is 1. The molecule has 6 heteroatoms. The summed E-state index contributed by atoms with van der Waals surface area (Å²) in [5.41, 5.74) is 1.77. The Morgan fingerprint density at radius 3 is 2.74 bits per heavy atom. The SMILES string of the molecule is OCC#Cc1ccc2ncnc(NC3CCC(N4CCOCC4)CC3)c2c1. The zero-order valence-corrected chi connectivity index (χ0v) is 15.5. The van der Waals surface area contributed by atoms with Crippen molar-refractivity contribution >= 4 is 16.7 Å². The van der Waals surface area contributed by atoms with Crippen molar-refractivity contribution in [1.29, 1.82) is 0 Å². The minimum absolute atomic E-state index is 0.138. The minimum atomic E-state index is -0.138. The van der Waals surface area contributed by atoms with Crippen LogP contribution in [0.1, 0.15) is 31.2 Å². The number of hydrogen-bond donors (Lipinski definition) is 2. The van der Waals surface area contributed by atoms with Crippen LogP contribution in [-0.4, -0.2) is 65.0 Å². The van der Waals surface area contributed by atoms with Crippen LogP contribution in [0, 0.1) is 11.8 Å². The standard InChI is InChI=1S/C21H26N4O2/c26-11-1-2-16-3-8-20-19(14-16)21(23-15-22-20)24-17-4-6-18(7-5-17)25-9-12-27-13-10-25/h3,8,14-15,17-18,26H,4-7,9-13H2,(H,22,23,24). The molecule has 142 valence electrons. The maximum absolute atomic E-state index is 8.91. The number of hydrogen-bond acceptors (Lipinski definition) is 6. The molecule has 1 saturated heterocycles. The largest absolute Gasteiger partial charge is 0.384 e. The molecule has 0 spiro atoms. The molecule has 1 aromatic carbocycles. The van der Waals surface area contributed by atoms with Gasteiger partial charge in [0.25, 0.3) is 0 Å². The van der Waals surface area contributed by atoms with Crippen LogP contribution in [0.4, 0.5) is 5.82 Å². The number of aliphatic hydroxyl groups excluding tert-OH is 1. The Hall–Kier alpha value is -2.20. The van der Waals surface area contributed by atoms with E-state index in [0.29, 0.717) is 12.1 Å². The fourth-order valence-electron chi connectivity index (χ4n) is 4.11. The lowest BCUT2D eigenvalue weighted by Crippen LogP contribution is -2.46. The second-order valence-electron chi connectivity index (χ2n) is 7.21. The number of morpholine rings is 1. The first-order valence-electron chi connectivity index (χ1n) is 9.76. The molecular weight excluding hydrogens is 340 g/mol. The van der Waals surface area contributed by atoms with E-state index < -0.39 is 0 Å². The van der Waals surface area contributed by atoms with Gasteiger partial charge in [-0.25, -0.2) is 9.97 Å². The maximum atomic E-state index is 8.91. The summed E-state index contributed by atoms with van der Waals surface area (Å²) in [6, 6.07) is 7.01. The van der Waals surface area contributed by atoms with Crippen molar-refractivity contribution < 1.29 is 9.84 Å². The van der Waals surface area contributed by atoms with Gasteiger partial charge in [-0.15, -0.1) is 0 Å². The van der Waals surface area contributed by atoms with E-state index in [1.807, 2.05) is 18.2 Å². The third-order valence-electron chi connectivity index (χ3n) is 5.55. The topological polar surface area (TPSA) is 70.5 Å². The predicted octanol–water partition coefficient (Wildman–Crippen LogP) is 2.03. The van der Waals surface area contributed by atoms with Gasteiger partial charge in [-0.3, -0.25) is 4.90 Å². The zero-order valence-electron chi connectivity index (χ0n) is 15.5. The molecule has 0 bridgehead atoms. The van der Waals surface area contributed by atoms with Crippen LogP contribution in [0.25, 0.3) is 10.9 Å². The number of rotatable bonds is 3. The van der Waals surface area contributed by atoms with Crippen molar-refractivity contribution in [2.45, 2.75) is 37.8 Å². The third kappa shape index (κ3) is 4.38. The molecule has 1 saturated carbocycles. The highest BCUT2D eigenvalue weighted by molar-refractivity contribution is 5.90. The van der Waals surface area contributed by atoms with Crippen molar-refractivity contribution in [3.63, 3.8) is 0 Å². The molecular formula is C21H26N4O2. The molecule has 1 aromatic heterocycles. The van der Waals surface area contributed by atoms with E-state index in [0.717, 1.165) is 61.4 Å². The Bertz CT molecular complexity index is 831. The molecule has 2 aliphatic rings. The van der Waals surface area contributed by atoms with Gasteiger partial charge < -0.3 is 15.2 Å². The number of aromatic nitrogens is 2. The molecule has 0 amide bonds. The summed E-state index contributed by atoms with van der Waals surface area (Å²) < 4.78 is 5.47. The summed E-state index contributed by atoms with van der Waals surface area (Å²) in [4.78, 5) is 11.4. The molecule has 2 fully saturated rings. The van der Waals surface area contributed by atoms with Gasteiger partial charge in [0.05, 0.1) is 18.7 Å². The molecule has 0 atom stereocenters. The van der Waals surface area contributed by atoms with Gasteiger partial charge in [0.1, 0.15) is 18.8 Å². The molecule has 0 unspecified atom stereocenters. The fraction of sp³-hybridized carbons (Fsp3) is 0.524. The summed E-state index contributed by atoms with van der Waals surface area (Å²) >= 11 is 0. The number of nitrogens with zero attached hydrogens (tertiary/aromatic N) is 3. The molecule has 6 nitrogen and oxygen atoms in total. The van der Waals surface area contributed by atoms with Crippen molar-refractivity contribution in [1.82, 2.24) is 14.9 Å². The second kappa shape index (κ2) is 8.66. The number of nitrogens with one attached hydrogen (secondary N) is 1. The summed E-state index contributed by atoms with van der Waals surface area (Å²) in [7, 11) is 0. The highest BCUT2D eigenvalue weighted by Gasteiger charge is 2.27. The first kappa shape index (κ1) is 18.2. The quantitative estimate of drug-likeness (QED) is 0.810. The van der Waals surface area contributed by atoms with Crippen LogP contribution in [0.15, 0.2) is 24.5 Å². The highest BCUT2D eigenvalue weighted by Crippen LogP contribution is 2.28. The van der Waals surface area contributed by atoms with E-state index in [2.05, 4.69) is 32.0 Å². The van der Waals surface area contributed by atoms with Gasteiger partial charge in [0, 0.05) is 36.1 Å². The van der Waals surface area contributed by atoms with E-state index in [-0.39, 0.29) is 6.61 Å². The maximum Gasteiger partial charge on any atom is 0.137 e. The average molecular weight is 366 g/mol. The van der Waals surface area contributed by atoms with Crippen molar-refractivity contribution in [2.75, 3.05) is 38.2 Å². The van der Waals surface area contributed by atoms with Crippen molar-refractivity contribution in [2.24, 2.45) is 0 Å². The Labute approximate surface area is 160 Å². The predicted molar refractivity (Wildman–Crippen MR) is 106 cm³/mol. The molecule has 2 aromatic rings. The lowest BCUT2D eigenvalue weighted by atomic mass is 9.90. The molecule has 4 rings (SSSR count). The third-order valence-corrected chi connectivity index (χ3v) is 5.55. The molecule has 0 radical (unpaired) electrons. The Balaban J connectivity index is 1.44.